The van der Waals surface area contributed by atoms with Crippen LogP contribution in [0.4, 0.5) is 23.7 Å². The van der Waals surface area contributed by atoms with E-state index in [-0.39, 0.29) is 66.7 Å². The molecule has 0 bridgehead atoms. The van der Waals surface area contributed by atoms with Crippen molar-refractivity contribution in [3.63, 3.8) is 0 Å². The van der Waals surface area contributed by atoms with Crippen LogP contribution >= 0.6 is 12.2 Å². The normalized spacial score (nSPS) is 8.38. The summed E-state index contributed by atoms with van der Waals surface area (Å²) in [5, 5.41) is 242. The van der Waals surface area contributed by atoms with Crippen molar-refractivity contribution in [2.24, 2.45) is 0 Å². The van der Waals surface area contributed by atoms with Gasteiger partial charge in [0.2, 0.25) is 0 Å². The number of alkyl carbamates (subject to hydrolysis) is 1. The molecule has 0 saturated heterocycles. The number of carboxylic acids is 1. The molecular weight excluding hydrogens is 1880 g/mol. The third-order valence-electron chi connectivity index (χ3n) is 10.3. The van der Waals surface area contributed by atoms with Crippen LogP contribution in [0.1, 0.15) is 133 Å². The number of fused-ring (bicyclic) bond motifs is 6. The molecule has 2 aliphatic heterocycles. The van der Waals surface area contributed by atoms with Gasteiger partial charge in [-0.25, -0.2) is 9.59 Å². The van der Waals surface area contributed by atoms with E-state index in [1.54, 1.807) is 56.4 Å². The Balaban J connectivity index is -0.0000000393. The van der Waals surface area contributed by atoms with Crippen molar-refractivity contribution in [1.29, 1.82) is 0 Å². The van der Waals surface area contributed by atoms with Crippen LogP contribution in [0, 0.1) is 0 Å². The minimum Gasteiger partial charge on any atom is -0.508 e. The summed E-state index contributed by atoms with van der Waals surface area (Å²) in [5.41, 5.74) is 0.0779. The smallest absolute Gasteiger partial charge is 0.471 e. The first kappa shape index (κ1) is 206. The Labute approximate surface area is 813 Å². The van der Waals surface area contributed by atoms with Crippen molar-refractivity contribution >= 4 is 70.8 Å². The van der Waals surface area contributed by atoms with Crippen molar-refractivity contribution in [3.8, 4) is 23.0 Å². The summed E-state index contributed by atoms with van der Waals surface area (Å²) < 4.78 is 70.3. The molecule has 36 N–H and O–H groups in total. The number of benzene rings is 3. The van der Waals surface area contributed by atoms with Gasteiger partial charge in [-0.05, 0) is 116 Å². The molecular formula is C82H185F3N4O47S. The lowest BCUT2D eigenvalue weighted by Gasteiger charge is -2.36. The summed E-state index contributed by atoms with van der Waals surface area (Å²) in [7, 11) is 32.9. The van der Waals surface area contributed by atoms with Gasteiger partial charge in [0.1, 0.15) is 34.2 Å². The Bertz CT molecular complexity index is 2640. The largest absolute Gasteiger partial charge is 0.508 e. The van der Waals surface area contributed by atoms with E-state index in [0.717, 1.165) is 206 Å². The lowest BCUT2D eigenvalue weighted by Crippen LogP contribution is -2.37. The van der Waals surface area contributed by atoms with Gasteiger partial charge >= 0.3 is 54.0 Å². The van der Waals surface area contributed by atoms with Crippen LogP contribution in [0.25, 0.3) is 0 Å². The summed E-state index contributed by atoms with van der Waals surface area (Å²) in [6.45, 7) is 11.4. The molecule has 1 spiro atoms. The second-order valence-corrected chi connectivity index (χ2v) is 19.5. The summed E-state index contributed by atoms with van der Waals surface area (Å²) >= 11 is 5.39. The van der Waals surface area contributed by atoms with Gasteiger partial charge in [0.05, 0.1) is 32.6 Å². The second kappa shape index (κ2) is 194. The molecule has 2 aliphatic rings. The third kappa shape index (κ3) is 147. The van der Waals surface area contributed by atoms with Gasteiger partial charge in [-0.1, -0.05) is 12.1 Å². The number of carbonyl (C=O) groups is 8. The number of aromatic hydroxyl groups is 2. The Kier molecular flexibility index (Phi) is 292. The molecule has 5 rings (SSSR count). The summed E-state index contributed by atoms with van der Waals surface area (Å²) in [6, 6.07) is 14.4. The van der Waals surface area contributed by atoms with Crippen LogP contribution in [0.5, 0.6) is 23.0 Å². The van der Waals surface area contributed by atoms with Crippen molar-refractivity contribution in [2.45, 2.75) is 129 Å². The van der Waals surface area contributed by atoms with Crippen LogP contribution in [0.3, 0.4) is 0 Å². The highest BCUT2D eigenvalue weighted by molar-refractivity contribution is 7.80. The first-order valence-corrected chi connectivity index (χ1v) is 38.0. The number of thiocarbonyl (C=S) groups is 1. The molecule has 0 saturated carbocycles. The zero-order chi connectivity index (χ0) is 118. The summed E-state index contributed by atoms with van der Waals surface area (Å²) in [6.07, 6.45) is -2.10. The number of halogens is 3. The zero-order valence-electron chi connectivity index (χ0n) is 87.4. The van der Waals surface area contributed by atoms with Gasteiger partial charge in [-0.2, -0.15) is 13.2 Å². The van der Waals surface area contributed by atoms with E-state index >= 15 is 0 Å². The number of methoxy groups -OCH3 is 3. The molecule has 55 heteroatoms. The monoisotopic (exact) mass is 2070 g/mol. The number of hydrogen-bond donors (Lipinski definition) is 36. The summed E-state index contributed by atoms with van der Waals surface area (Å²) in [5.74, 6) is -4.19. The van der Waals surface area contributed by atoms with Gasteiger partial charge in [-0.15, -0.1) is 0 Å². The number of aliphatic hydroxyl groups is 29. The molecule has 2 heterocycles. The highest BCUT2D eigenvalue weighted by Crippen LogP contribution is 2.57. The Hall–Kier alpha value is -9.06. The van der Waals surface area contributed by atoms with Gasteiger partial charge < -0.3 is 218 Å². The fourth-order valence-electron chi connectivity index (χ4n) is 6.97. The maximum atomic E-state index is 13.3. The van der Waals surface area contributed by atoms with Gasteiger partial charge in [0.25, 0.3) is 0 Å². The predicted molar refractivity (Wildman–Crippen MR) is 517 cm³/mol. The third-order valence-corrected chi connectivity index (χ3v) is 10.6. The number of nitrogens with one attached hydrogen (secondary N) is 4. The highest BCUT2D eigenvalue weighted by atomic mass is 32.1. The van der Waals surface area contributed by atoms with E-state index in [0.29, 0.717) is 91.1 Å². The van der Waals surface area contributed by atoms with Gasteiger partial charge in [0, 0.05) is 287 Å². The second-order valence-electron chi connectivity index (χ2n) is 19.1. The van der Waals surface area contributed by atoms with Crippen LogP contribution in [-0.4, -0.2) is 481 Å². The van der Waals surface area contributed by atoms with E-state index < -0.39 is 52.9 Å². The van der Waals surface area contributed by atoms with Crippen LogP contribution in [-0.2, 0) is 62.8 Å². The number of aliphatic carboxylic acids is 1. The molecule has 0 fully saturated rings. The number of carboxylic acid groups (broad SMARTS) is 1. The quantitative estimate of drug-likeness (QED) is 0.0256. The van der Waals surface area contributed by atoms with Crippen molar-refractivity contribution in [1.82, 2.24) is 16.0 Å². The maximum Gasteiger partial charge on any atom is 0.471 e. The van der Waals surface area contributed by atoms with E-state index in [4.69, 9.17) is 184 Å². The number of carbonyl (C=O) groups excluding carboxylic acids is 7. The minimum atomic E-state index is -4.87. The number of alkyl halides is 3. The molecule has 0 unspecified atom stereocenters. The SMILES string of the molecule is CC(C)(C)OC(=O)CCCCC(=O)O.CO.CO.CO.CO.CO.CO.CO.CO.CO.CO.CO.CO.CO.CO.CO.CO.CO.CO.CO.CO.CO.CO.CO.CO.CO.CO.CO.CO.CO.COC(=O)CCCNC(=O)C(F)(F)F.COC(=O)CCCNC(=O)OC(C)(C)C.COC(=O)CCCNC(=S)Nc1cccc2c1C(=O)OC21c2ccc(O)cc2Oc2cc(O)ccc21. The highest BCUT2D eigenvalue weighted by Gasteiger charge is 2.54. The zero-order valence-corrected chi connectivity index (χ0v) is 88.2. The lowest BCUT2D eigenvalue weighted by atomic mass is 9.77. The number of anilines is 1. The van der Waals surface area contributed by atoms with Crippen molar-refractivity contribution in [3.05, 3.63) is 76.9 Å². The Morgan fingerprint density at radius 2 is 0.620 bits per heavy atom. The molecule has 3 aromatic rings. The molecule has 0 radical (unpaired) electrons. The minimum absolute atomic E-state index is 0.0175. The number of phenols is 2. The Morgan fingerprint density at radius 3 is 0.883 bits per heavy atom. The van der Waals surface area contributed by atoms with Crippen molar-refractivity contribution in [2.75, 3.05) is 252 Å². The average Bonchev–Trinajstić information content (AvgIpc) is 1.56. The van der Waals surface area contributed by atoms with Gasteiger partial charge in [-0.3, -0.25) is 28.8 Å². The average molecular weight is 2070 g/mol. The van der Waals surface area contributed by atoms with Crippen LogP contribution in [0.2, 0.25) is 0 Å². The van der Waals surface area contributed by atoms with E-state index in [2.05, 4.69) is 30.2 Å². The van der Waals surface area contributed by atoms with E-state index in [1.165, 1.54) is 45.6 Å². The number of unbranched alkanes of at least 4 members (excludes halogenated alkanes) is 1. The molecule has 0 aliphatic carbocycles. The molecule has 842 valence electrons. The number of ether oxygens (including phenoxy) is 7. The number of hydrogen-bond acceptors (Lipinski definition) is 47. The number of phenolic OH excluding ortho intramolecular Hbond substituents is 2. The van der Waals surface area contributed by atoms with Crippen LogP contribution < -0.4 is 26.0 Å². The first-order chi connectivity index (χ1) is 65.9. The summed E-state index contributed by atoms with van der Waals surface area (Å²) in [4.78, 5) is 88.5. The molecule has 3 aromatic carbocycles. The number of aliphatic hydroxyl groups excluding tert-OH is 29. The molecule has 2 amide bonds. The lowest BCUT2D eigenvalue weighted by molar-refractivity contribution is -0.173. The number of esters is 5. The fraction of sp³-hybridized carbons (Fsp3) is 0.671. The Morgan fingerprint density at radius 1 is 0.358 bits per heavy atom. The van der Waals surface area contributed by atoms with Crippen LogP contribution in [0.15, 0.2) is 54.6 Å². The predicted octanol–water partition coefficient (Wildman–Crippen LogP) is -3.39. The molecule has 51 nitrogen and oxygen atoms in total. The first-order valence-electron chi connectivity index (χ1n) is 37.6. The van der Waals surface area contributed by atoms with E-state index in [1.807, 2.05) is 20.8 Å². The molecule has 0 aromatic heterocycles. The van der Waals surface area contributed by atoms with E-state index in [9.17, 15) is 61.7 Å². The van der Waals surface area contributed by atoms with Crippen molar-refractivity contribution < 1.29 is 248 Å². The topological polar surface area (TPSA) is 897 Å². The number of amides is 2. The molecule has 137 heavy (non-hydrogen) atoms. The fourth-order valence-corrected chi connectivity index (χ4v) is 7.18. The number of rotatable bonds is 18. The van der Waals surface area contributed by atoms with Gasteiger partial charge in [0.15, 0.2) is 10.7 Å². The standard InChI is InChI=1S/C26H22N2O7S.C10H19NO4.C10H18O4.C7H10F3NO3.29CH4O/c1-33-22(31)6-3-11-27-25(36)28-19-5-2-4-18-23(19)24(32)35-26(18)16-9-7-14(29)12-20(16)34-21-13-15(30)8-10-17(21)26;1-10(2,3)15-9(13)11-7-5-6-8(12)14-4;1-10(2,3)14-9(13)7-5-4-6-8(11)12;1-14-5(12)3-2-4-11-6(13)7(8,9)10;29*1-2/h2,4-5,7-10,12-13,29-30H,3,6,11H2,1H3,(H2,27,28,36);5-7H2,1-4H3,(H,11,13);4-7H2,1-3H3,(H,11,12);2-4H2,1H3,(H,11,13);29*2H,1H3. The maximum absolute atomic E-state index is 13.3. The molecule has 0 atom stereocenters.